The van der Waals surface area contributed by atoms with E-state index in [1.54, 1.807) is 23.6 Å². The summed E-state index contributed by atoms with van der Waals surface area (Å²) in [4.78, 5) is 53.9. The fraction of sp³-hybridized carbons (Fsp3) is 0.333. The molecule has 1 unspecified atom stereocenters. The predicted molar refractivity (Wildman–Crippen MR) is 112 cm³/mol. The number of rotatable bonds is 4. The number of H-pyrrole nitrogens is 2. The molecule has 1 amide bonds. The number of hydrogen-bond acceptors (Lipinski definition) is 5. The first-order valence-corrected chi connectivity index (χ1v) is 9.74. The summed E-state index contributed by atoms with van der Waals surface area (Å²) in [5.74, 6) is -0.537. The third kappa shape index (κ3) is 3.71. The van der Waals surface area contributed by atoms with Gasteiger partial charge in [0.25, 0.3) is 11.5 Å². The van der Waals surface area contributed by atoms with Crippen LogP contribution in [0.15, 0.2) is 38.6 Å². The minimum atomic E-state index is -0.780. The zero-order valence-corrected chi connectivity index (χ0v) is 16.7. The van der Waals surface area contributed by atoms with Gasteiger partial charge >= 0.3 is 11.1 Å². The van der Waals surface area contributed by atoms with Crippen LogP contribution < -0.4 is 22.0 Å². The van der Waals surface area contributed by atoms with Gasteiger partial charge in [0.2, 0.25) is 0 Å². The molecule has 4 rings (SSSR count). The first-order chi connectivity index (χ1) is 14.3. The van der Waals surface area contributed by atoms with Crippen molar-refractivity contribution in [2.45, 2.75) is 39.3 Å². The minimum absolute atomic E-state index is 0.0283. The highest BCUT2D eigenvalue weighted by atomic mass is 16.5. The average Bonchev–Trinajstić information content (AvgIpc) is 3.19. The molecule has 0 radical (unpaired) electrons. The van der Waals surface area contributed by atoms with Gasteiger partial charge in [0.1, 0.15) is 5.56 Å². The van der Waals surface area contributed by atoms with Crippen LogP contribution >= 0.6 is 0 Å². The zero-order valence-electron chi connectivity index (χ0n) is 16.7. The molecule has 156 valence electrons. The molecule has 1 fully saturated rings. The SMILES string of the molecule is Cc1cc(C)n(CC2CCCO2)c(=O)c1C(=O)Nc1ccc2[nH]c(=O)c(=O)[nH]c2c1. The van der Waals surface area contributed by atoms with Gasteiger partial charge < -0.3 is 24.6 Å². The van der Waals surface area contributed by atoms with Gasteiger partial charge in [0.15, 0.2) is 0 Å². The molecule has 1 aliphatic heterocycles. The second-order valence-electron chi connectivity index (χ2n) is 7.52. The largest absolute Gasteiger partial charge is 0.376 e. The van der Waals surface area contributed by atoms with Crippen molar-refractivity contribution in [3.63, 3.8) is 0 Å². The standard InChI is InChI=1S/C21H22N4O5/c1-11-8-12(2)25(10-14-4-3-7-30-14)21(29)17(11)18(26)22-13-5-6-15-16(9-13)24-20(28)19(27)23-15/h5-6,8-9,14H,3-4,7,10H2,1-2H3,(H,22,26)(H,23,27)(H,24,28). The van der Waals surface area contributed by atoms with Crippen molar-refractivity contribution >= 4 is 22.6 Å². The molecule has 1 aliphatic rings. The van der Waals surface area contributed by atoms with E-state index < -0.39 is 17.0 Å². The van der Waals surface area contributed by atoms with E-state index in [1.165, 1.54) is 6.07 Å². The fourth-order valence-corrected chi connectivity index (χ4v) is 3.81. The van der Waals surface area contributed by atoms with E-state index in [0.29, 0.717) is 35.4 Å². The third-order valence-electron chi connectivity index (χ3n) is 5.32. The van der Waals surface area contributed by atoms with Gasteiger partial charge in [-0.15, -0.1) is 0 Å². The summed E-state index contributed by atoms with van der Waals surface area (Å²) in [5, 5.41) is 2.71. The van der Waals surface area contributed by atoms with Crippen LogP contribution in [0.5, 0.6) is 0 Å². The molecule has 0 spiro atoms. The van der Waals surface area contributed by atoms with Crippen LogP contribution in [0.2, 0.25) is 0 Å². The number of pyridine rings is 1. The number of nitrogens with zero attached hydrogens (tertiary/aromatic N) is 1. The number of ether oxygens (including phenoxy) is 1. The molecular formula is C21H22N4O5. The van der Waals surface area contributed by atoms with Crippen LogP contribution in [-0.4, -0.2) is 33.2 Å². The topological polar surface area (TPSA) is 126 Å². The number of carbonyl (C=O) groups is 1. The van der Waals surface area contributed by atoms with E-state index in [9.17, 15) is 19.2 Å². The molecular weight excluding hydrogens is 388 g/mol. The van der Waals surface area contributed by atoms with E-state index >= 15 is 0 Å². The third-order valence-corrected chi connectivity index (χ3v) is 5.32. The first kappa shape index (κ1) is 19.8. The second kappa shape index (κ2) is 7.75. The maximum Gasteiger partial charge on any atom is 0.314 e. The van der Waals surface area contributed by atoms with Crippen LogP contribution in [0.4, 0.5) is 5.69 Å². The van der Waals surface area contributed by atoms with E-state index in [2.05, 4.69) is 15.3 Å². The number of carbonyl (C=O) groups excluding carboxylic acids is 1. The molecule has 0 saturated carbocycles. The highest BCUT2D eigenvalue weighted by molar-refractivity contribution is 6.05. The molecule has 0 aliphatic carbocycles. The lowest BCUT2D eigenvalue weighted by molar-refractivity contribution is 0.0947. The van der Waals surface area contributed by atoms with Crippen molar-refractivity contribution < 1.29 is 9.53 Å². The molecule has 1 atom stereocenters. The summed E-state index contributed by atoms with van der Waals surface area (Å²) in [7, 11) is 0. The Morgan fingerprint density at radius 3 is 2.57 bits per heavy atom. The van der Waals surface area contributed by atoms with E-state index in [1.807, 2.05) is 13.0 Å². The highest BCUT2D eigenvalue weighted by Gasteiger charge is 2.22. The number of fused-ring (bicyclic) bond motifs is 1. The lowest BCUT2D eigenvalue weighted by Gasteiger charge is -2.17. The van der Waals surface area contributed by atoms with Crippen LogP contribution in [0, 0.1) is 13.8 Å². The van der Waals surface area contributed by atoms with Crippen molar-refractivity contribution in [2.75, 3.05) is 11.9 Å². The lowest BCUT2D eigenvalue weighted by atomic mass is 10.1. The van der Waals surface area contributed by atoms with Crippen LogP contribution in [0.25, 0.3) is 11.0 Å². The van der Waals surface area contributed by atoms with E-state index in [0.717, 1.165) is 18.5 Å². The number of benzene rings is 1. The molecule has 0 bridgehead atoms. The first-order valence-electron chi connectivity index (χ1n) is 9.74. The average molecular weight is 410 g/mol. The molecule has 3 N–H and O–H groups in total. The summed E-state index contributed by atoms with van der Waals surface area (Å²) in [5.41, 5.74) is 0.720. The normalized spacial score (nSPS) is 16.1. The monoisotopic (exact) mass is 410 g/mol. The Hall–Kier alpha value is -3.46. The molecule has 1 aromatic carbocycles. The van der Waals surface area contributed by atoms with Crippen molar-refractivity contribution in [2.24, 2.45) is 0 Å². The Morgan fingerprint density at radius 2 is 1.87 bits per heavy atom. The summed E-state index contributed by atoms with van der Waals surface area (Å²) in [6.07, 6.45) is 1.82. The van der Waals surface area contributed by atoms with Crippen LogP contribution in [0.3, 0.4) is 0 Å². The number of nitrogens with one attached hydrogen (secondary N) is 3. The van der Waals surface area contributed by atoms with Crippen molar-refractivity contribution in [1.82, 2.24) is 14.5 Å². The molecule has 9 heteroatoms. The maximum atomic E-state index is 13.1. The highest BCUT2D eigenvalue weighted by Crippen LogP contribution is 2.17. The van der Waals surface area contributed by atoms with Gasteiger partial charge in [-0.2, -0.15) is 0 Å². The Balaban J connectivity index is 1.66. The van der Waals surface area contributed by atoms with Gasteiger partial charge in [0, 0.05) is 18.0 Å². The fourth-order valence-electron chi connectivity index (χ4n) is 3.81. The molecule has 9 nitrogen and oxygen atoms in total. The van der Waals surface area contributed by atoms with Gasteiger partial charge in [-0.1, -0.05) is 0 Å². The number of amides is 1. The van der Waals surface area contributed by atoms with Gasteiger partial charge in [-0.05, 0) is 56.5 Å². The Kier molecular flexibility index (Phi) is 5.13. The quantitative estimate of drug-likeness (QED) is 0.561. The van der Waals surface area contributed by atoms with Crippen molar-refractivity contribution in [3.05, 3.63) is 72.1 Å². The predicted octanol–water partition coefficient (Wildman–Crippen LogP) is 1.43. The van der Waals surface area contributed by atoms with Crippen molar-refractivity contribution in [1.29, 1.82) is 0 Å². The summed E-state index contributed by atoms with van der Waals surface area (Å²) in [6, 6.07) is 6.50. The van der Waals surface area contributed by atoms with E-state index in [4.69, 9.17) is 4.74 Å². The molecule has 3 aromatic rings. The molecule has 3 heterocycles. The Morgan fingerprint density at radius 1 is 1.13 bits per heavy atom. The Labute approximate surface area is 170 Å². The molecule has 1 saturated heterocycles. The lowest BCUT2D eigenvalue weighted by Crippen LogP contribution is -2.34. The smallest absolute Gasteiger partial charge is 0.314 e. The second-order valence-corrected chi connectivity index (χ2v) is 7.52. The Bertz CT molecular complexity index is 1310. The minimum Gasteiger partial charge on any atom is -0.376 e. The van der Waals surface area contributed by atoms with Crippen molar-refractivity contribution in [3.8, 4) is 0 Å². The maximum absolute atomic E-state index is 13.1. The number of aromatic amines is 2. The number of hydrogen-bond donors (Lipinski definition) is 3. The van der Waals surface area contributed by atoms with E-state index in [-0.39, 0.29) is 17.2 Å². The summed E-state index contributed by atoms with van der Waals surface area (Å²) in [6.45, 7) is 4.66. The van der Waals surface area contributed by atoms with Gasteiger partial charge in [0.05, 0.1) is 23.7 Å². The number of anilines is 1. The van der Waals surface area contributed by atoms with Gasteiger partial charge in [-0.3, -0.25) is 19.2 Å². The van der Waals surface area contributed by atoms with Gasteiger partial charge in [-0.25, -0.2) is 0 Å². The molecule has 30 heavy (non-hydrogen) atoms. The summed E-state index contributed by atoms with van der Waals surface area (Å²) < 4.78 is 7.22. The number of aryl methyl sites for hydroxylation is 2. The zero-order chi connectivity index (χ0) is 21.4. The molecule has 2 aromatic heterocycles. The number of aromatic nitrogens is 3. The van der Waals surface area contributed by atoms with Crippen LogP contribution in [0.1, 0.15) is 34.5 Å². The van der Waals surface area contributed by atoms with Crippen LogP contribution in [-0.2, 0) is 11.3 Å². The summed E-state index contributed by atoms with van der Waals surface area (Å²) >= 11 is 0.